The molecule has 0 aliphatic heterocycles. The van der Waals surface area contributed by atoms with Crippen molar-refractivity contribution < 1.29 is 13.7 Å². The van der Waals surface area contributed by atoms with E-state index in [2.05, 4.69) is 0 Å². The molecule has 0 amide bonds. The number of halogens is 1. The number of nitro groups is 1. The quantitative estimate of drug-likeness (QED) is 0.533. The molecule has 7 nitrogen and oxygen atoms in total. The molecule has 0 unspecified atom stereocenters. The summed E-state index contributed by atoms with van der Waals surface area (Å²) in [6.07, 6.45) is 0. The van der Waals surface area contributed by atoms with Crippen LogP contribution in [0.5, 0.6) is 0 Å². The molecular formula is C14H7FN2O5. The van der Waals surface area contributed by atoms with Crippen molar-refractivity contribution in [2.45, 2.75) is 0 Å². The molecule has 0 bridgehead atoms. The molecule has 3 aromatic rings. The van der Waals surface area contributed by atoms with Crippen LogP contribution in [-0.2, 0) is 0 Å². The molecule has 0 saturated carbocycles. The van der Waals surface area contributed by atoms with Crippen LogP contribution in [0.25, 0.3) is 16.7 Å². The molecule has 1 aromatic heterocycles. The zero-order chi connectivity index (χ0) is 15.9. The highest BCUT2D eigenvalue weighted by Gasteiger charge is 2.15. The summed E-state index contributed by atoms with van der Waals surface area (Å²) in [6, 6.07) is 8.13. The minimum absolute atomic E-state index is 0.0212. The zero-order valence-electron chi connectivity index (χ0n) is 10.9. The Bertz CT molecular complexity index is 1020. The van der Waals surface area contributed by atoms with Crippen LogP contribution in [0.3, 0.4) is 0 Å². The number of hydrogen-bond acceptors (Lipinski definition) is 5. The van der Waals surface area contributed by atoms with Crippen molar-refractivity contribution in [1.29, 1.82) is 0 Å². The number of hydrogen-bond donors (Lipinski definition) is 0. The Balaban J connectivity index is 2.39. The van der Waals surface area contributed by atoms with Gasteiger partial charge in [-0.1, -0.05) is 6.07 Å². The lowest BCUT2D eigenvalue weighted by molar-refractivity contribution is -0.384. The third-order valence-corrected chi connectivity index (χ3v) is 3.05. The van der Waals surface area contributed by atoms with Gasteiger partial charge < -0.3 is 4.42 Å². The molecule has 0 atom stereocenters. The van der Waals surface area contributed by atoms with Gasteiger partial charge >= 0.3 is 5.76 Å². The molecule has 0 aliphatic rings. The zero-order valence-corrected chi connectivity index (χ0v) is 10.9. The predicted molar refractivity (Wildman–Crippen MR) is 74.7 cm³/mol. The Kier molecular flexibility index (Phi) is 3.06. The summed E-state index contributed by atoms with van der Waals surface area (Å²) in [7, 11) is 0. The van der Waals surface area contributed by atoms with E-state index in [4.69, 9.17) is 4.42 Å². The van der Waals surface area contributed by atoms with Gasteiger partial charge in [-0.3, -0.25) is 14.9 Å². The highest BCUT2D eigenvalue weighted by Crippen LogP contribution is 2.17. The summed E-state index contributed by atoms with van der Waals surface area (Å²) < 4.78 is 18.8. The highest BCUT2D eigenvalue weighted by atomic mass is 19.1. The Morgan fingerprint density at radius 3 is 2.59 bits per heavy atom. The molecule has 3 rings (SSSR count). The van der Waals surface area contributed by atoms with Crippen LogP contribution >= 0.6 is 0 Å². The number of fused-ring (bicyclic) bond motifs is 1. The number of nitro benzene ring substituents is 1. The molecule has 0 aliphatic carbocycles. The molecule has 110 valence electrons. The van der Waals surface area contributed by atoms with Crippen molar-refractivity contribution in [3.05, 3.63) is 79.3 Å². The van der Waals surface area contributed by atoms with Crippen molar-refractivity contribution in [3.63, 3.8) is 0 Å². The second kappa shape index (κ2) is 4.92. The van der Waals surface area contributed by atoms with Crippen molar-refractivity contribution >= 4 is 16.7 Å². The van der Waals surface area contributed by atoms with Crippen LogP contribution in [-0.4, -0.2) is 9.49 Å². The fraction of sp³-hybridized carbons (Fsp3) is 0. The fourth-order valence-corrected chi connectivity index (χ4v) is 2.07. The maximum absolute atomic E-state index is 13.3. The molecule has 0 N–H and O–H groups in total. The van der Waals surface area contributed by atoms with Gasteiger partial charge in [-0.15, -0.1) is 0 Å². The van der Waals surface area contributed by atoms with Crippen LogP contribution in [0, 0.1) is 15.9 Å². The molecule has 8 heteroatoms. The molecule has 22 heavy (non-hydrogen) atoms. The smallest absolute Gasteiger partial charge is 0.409 e. The summed E-state index contributed by atoms with van der Waals surface area (Å²) in [5.74, 6) is -1.64. The second-order valence-electron chi connectivity index (χ2n) is 4.43. The summed E-state index contributed by atoms with van der Waals surface area (Å²) >= 11 is 0. The van der Waals surface area contributed by atoms with E-state index in [0.29, 0.717) is 4.57 Å². The minimum Gasteiger partial charge on any atom is -0.409 e. The van der Waals surface area contributed by atoms with E-state index >= 15 is 0 Å². The van der Waals surface area contributed by atoms with E-state index in [9.17, 15) is 24.1 Å². The topological polar surface area (TPSA) is 95.3 Å². The highest BCUT2D eigenvalue weighted by molar-refractivity contribution is 5.78. The lowest BCUT2D eigenvalue weighted by Crippen LogP contribution is -2.31. The van der Waals surface area contributed by atoms with Gasteiger partial charge in [-0.2, -0.15) is 0 Å². The van der Waals surface area contributed by atoms with Gasteiger partial charge in [0, 0.05) is 12.1 Å². The molecule has 0 fully saturated rings. The Morgan fingerprint density at radius 2 is 1.91 bits per heavy atom. The standard InChI is InChI=1S/C14H7FN2O5/c15-8-2-1-3-9(6-8)16-13(18)11-7-10(17(20)21)4-5-12(11)22-14(16)19/h1-7H. The Morgan fingerprint density at radius 1 is 1.14 bits per heavy atom. The van der Waals surface area contributed by atoms with E-state index in [1.807, 2.05) is 0 Å². The van der Waals surface area contributed by atoms with Crippen molar-refractivity contribution in [2.75, 3.05) is 0 Å². The monoisotopic (exact) mass is 302 g/mol. The lowest BCUT2D eigenvalue weighted by Gasteiger charge is -2.05. The van der Waals surface area contributed by atoms with Crippen LogP contribution in [0.4, 0.5) is 10.1 Å². The minimum atomic E-state index is -1.00. The summed E-state index contributed by atoms with van der Waals surface area (Å²) in [4.78, 5) is 34.4. The molecule has 1 heterocycles. The van der Waals surface area contributed by atoms with Crippen molar-refractivity contribution in [1.82, 2.24) is 4.57 Å². The first-order valence-corrected chi connectivity index (χ1v) is 6.07. The van der Waals surface area contributed by atoms with Gasteiger partial charge in [0.25, 0.3) is 11.2 Å². The van der Waals surface area contributed by atoms with E-state index < -0.39 is 22.1 Å². The van der Waals surface area contributed by atoms with Gasteiger partial charge in [-0.25, -0.2) is 13.8 Å². The van der Waals surface area contributed by atoms with Gasteiger partial charge in [0.15, 0.2) is 0 Å². The van der Waals surface area contributed by atoms with Gasteiger partial charge in [-0.05, 0) is 24.3 Å². The molecule has 2 aromatic carbocycles. The van der Waals surface area contributed by atoms with E-state index in [1.165, 1.54) is 18.2 Å². The molecule has 0 radical (unpaired) electrons. The summed E-state index contributed by atoms with van der Waals surface area (Å²) in [5, 5.41) is 10.6. The van der Waals surface area contributed by atoms with E-state index in [1.54, 1.807) is 0 Å². The SMILES string of the molecule is O=c1oc2ccc([N+](=O)[O-])cc2c(=O)n1-c1cccc(F)c1. The normalized spacial score (nSPS) is 10.8. The molecule has 0 spiro atoms. The Hall–Kier alpha value is -3.29. The van der Waals surface area contributed by atoms with Gasteiger partial charge in [0.1, 0.15) is 11.4 Å². The average Bonchev–Trinajstić information content (AvgIpc) is 2.47. The maximum atomic E-state index is 13.3. The second-order valence-corrected chi connectivity index (χ2v) is 4.43. The van der Waals surface area contributed by atoms with Crippen LogP contribution in [0.2, 0.25) is 0 Å². The van der Waals surface area contributed by atoms with Crippen LogP contribution < -0.4 is 11.3 Å². The summed E-state index contributed by atoms with van der Waals surface area (Å²) in [5.41, 5.74) is -1.23. The lowest BCUT2D eigenvalue weighted by atomic mass is 10.2. The first-order chi connectivity index (χ1) is 10.5. The molecule has 0 saturated heterocycles. The van der Waals surface area contributed by atoms with Crippen LogP contribution in [0.1, 0.15) is 0 Å². The van der Waals surface area contributed by atoms with Gasteiger partial charge in [0.2, 0.25) is 0 Å². The average molecular weight is 302 g/mol. The first-order valence-electron chi connectivity index (χ1n) is 6.07. The fourth-order valence-electron chi connectivity index (χ4n) is 2.07. The maximum Gasteiger partial charge on any atom is 0.426 e. The molecular weight excluding hydrogens is 295 g/mol. The van der Waals surface area contributed by atoms with E-state index in [0.717, 1.165) is 24.3 Å². The largest absolute Gasteiger partial charge is 0.426 e. The number of nitrogens with zero attached hydrogens (tertiary/aromatic N) is 2. The van der Waals surface area contributed by atoms with Crippen molar-refractivity contribution in [3.8, 4) is 5.69 Å². The first kappa shape index (κ1) is 13.7. The Labute approximate surface area is 121 Å². The number of non-ortho nitro benzene ring substituents is 1. The number of rotatable bonds is 2. The number of benzene rings is 2. The summed E-state index contributed by atoms with van der Waals surface area (Å²) in [6.45, 7) is 0. The number of aromatic nitrogens is 1. The van der Waals surface area contributed by atoms with Crippen LogP contribution in [0.15, 0.2) is 56.5 Å². The third-order valence-electron chi connectivity index (χ3n) is 3.05. The van der Waals surface area contributed by atoms with Crippen molar-refractivity contribution in [2.24, 2.45) is 0 Å². The third kappa shape index (κ3) is 2.16. The van der Waals surface area contributed by atoms with E-state index in [-0.39, 0.29) is 22.3 Å². The predicted octanol–water partition coefficient (Wildman–Crippen LogP) is 1.99. The van der Waals surface area contributed by atoms with Gasteiger partial charge in [0.05, 0.1) is 16.0 Å².